The minimum absolute atomic E-state index is 0.290. The summed E-state index contributed by atoms with van der Waals surface area (Å²) in [6, 6.07) is 0. The van der Waals surface area contributed by atoms with Gasteiger partial charge < -0.3 is 10.1 Å². The minimum atomic E-state index is -0.290. The number of hydrogen-bond donors (Lipinski definition) is 1. The van der Waals surface area contributed by atoms with Gasteiger partial charge in [-0.3, -0.25) is 0 Å². The zero-order chi connectivity index (χ0) is 8.16. The van der Waals surface area contributed by atoms with Crippen molar-refractivity contribution in [1.29, 1.82) is 0 Å². The molecule has 0 aromatic rings. The Morgan fingerprint density at radius 3 is 2.55 bits per heavy atom. The van der Waals surface area contributed by atoms with Crippen LogP contribution >= 0.6 is 10.0 Å². The maximum absolute atomic E-state index is 5.35. The third kappa shape index (κ3) is 3.01. The Morgan fingerprint density at radius 1 is 1.36 bits per heavy atom. The van der Waals surface area contributed by atoms with Gasteiger partial charge in [-0.1, -0.05) is 0 Å². The van der Waals surface area contributed by atoms with Crippen LogP contribution in [-0.4, -0.2) is 50.3 Å². The molecule has 0 atom stereocenters. The fraction of sp³-hybridized carbons (Fsp3) is 1.00. The molecule has 3 heteroatoms. The summed E-state index contributed by atoms with van der Waals surface area (Å²) in [6.07, 6.45) is 2.45. The quantitative estimate of drug-likeness (QED) is 0.684. The molecule has 0 spiro atoms. The first-order valence-electron chi connectivity index (χ1n) is 4.21. The highest BCUT2D eigenvalue weighted by atomic mass is 32.3. The van der Waals surface area contributed by atoms with Crippen LogP contribution in [0.1, 0.15) is 0 Å². The normalized spacial score (nSPS) is 26.4. The maximum Gasteiger partial charge on any atom is 0.0542 e. The molecule has 1 saturated heterocycles. The minimum Gasteiger partial charge on any atom is -0.380 e. The zero-order valence-corrected chi connectivity index (χ0v) is 8.38. The van der Waals surface area contributed by atoms with Gasteiger partial charge in [0.25, 0.3) is 0 Å². The van der Waals surface area contributed by atoms with Gasteiger partial charge in [-0.05, 0) is 19.1 Å². The lowest BCUT2D eigenvalue weighted by molar-refractivity contribution is 0.159. The first-order chi connectivity index (χ1) is 5.27. The van der Waals surface area contributed by atoms with E-state index in [0.717, 1.165) is 13.2 Å². The van der Waals surface area contributed by atoms with Crippen molar-refractivity contribution in [2.45, 2.75) is 0 Å². The molecule has 0 aromatic heterocycles. The van der Waals surface area contributed by atoms with E-state index in [9.17, 15) is 0 Å². The number of hydrogen-bond acceptors (Lipinski definition) is 2. The Bertz CT molecular complexity index is 113. The molecule has 0 unspecified atom stereocenters. The standard InChI is InChI=1S/C8H19NOS/c1-9-3-6-11(2)7-4-10-5-8-11/h9H,3-8H2,1-2H3. The number of rotatable bonds is 3. The highest BCUT2D eigenvalue weighted by molar-refractivity contribution is 8.33. The molecule has 0 bridgehead atoms. The molecule has 1 rings (SSSR count). The monoisotopic (exact) mass is 177 g/mol. The molecule has 1 aliphatic rings. The summed E-state index contributed by atoms with van der Waals surface area (Å²) < 4.78 is 5.35. The topological polar surface area (TPSA) is 21.3 Å². The Labute approximate surface area is 71.0 Å². The van der Waals surface area contributed by atoms with Gasteiger partial charge >= 0.3 is 0 Å². The summed E-state index contributed by atoms with van der Waals surface area (Å²) in [7, 11) is 1.74. The summed E-state index contributed by atoms with van der Waals surface area (Å²) in [5.74, 6) is 4.00. The van der Waals surface area contributed by atoms with E-state index in [2.05, 4.69) is 11.6 Å². The van der Waals surface area contributed by atoms with Gasteiger partial charge in [0, 0.05) is 18.1 Å². The molecule has 1 fully saturated rings. The van der Waals surface area contributed by atoms with Crippen molar-refractivity contribution in [1.82, 2.24) is 5.32 Å². The second kappa shape index (κ2) is 4.33. The summed E-state index contributed by atoms with van der Waals surface area (Å²) in [5.41, 5.74) is 0. The fourth-order valence-electron chi connectivity index (χ4n) is 1.28. The molecule has 0 saturated carbocycles. The molecule has 0 radical (unpaired) electrons. The van der Waals surface area contributed by atoms with Crippen molar-refractivity contribution >= 4 is 10.0 Å². The molecule has 1 N–H and O–H groups in total. The van der Waals surface area contributed by atoms with E-state index in [1.807, 2.05) is 7.05 Å². The van der Waals surface area contributed by atoms with Crippen LogP contribution in [0.25, 0.3) is 0 Å². The Balaban J connectivity index is 2.25. The van der Waals surface area contributed by atoms with Crippen LogP contribution in [-0.2, 0) is 4.74 Å². The van der Waals surface area contributed by atoms with Crippen molar-refractivity contribution in [3.63, 3.8) is 0 Å². The van der Waals surface area contributed by atoms with Crippen LogP contribution in [0.15, 0.2) is 0 Å². The van der Waals surface area contributed by atoms with Crippen molar-refractivity contribution in [3.05, 3.63) is 0 Å². The van der Waals surface area contributed by atoms with Gasteiger partial charge in [0.1, 0.15) is 0 Å². The average molecular weight is 177 g/mol. The second-order valence-electron chi connectivity index (χ2n) is 3.31. The van der Waals surface area contributed by atoms with Crippen LogP contribution in [0.3, 0.4) is 0 Å². The van der Waals surface area contributed by atoms with Gasteiger partial charge in [0.15, 0.2) is 0 Å². The summed E-state index contributed by atoms with van der Waals surface area (Å²) in [6.45, 7) is 3.16. The zero-order valence-electron chi connectivity index (χ0n) is 7.56. The molecule has 1 aliphatic heterocycles. The summed E-state index contributed by atoms with van der Waals surface area (Å²) in [5, 5.41) is 3.22. The van der Waals surface area contributed by atoms with E-state index in [-0.39, 0.29) is 10.0 Å². The molecule has 2 nitrogen and oxygen atoms in total. The van der Waals surface area contributed by atoms with Crippen molar-refractivity contribution in [3.8, 4) is 0 Å². The lowest BCUT2D eigenvalue weighted by atomic mass is 10.7. The Kier molecular flexibility index (Phi) is 3.69. The molecule has 1 heterocycles. The van der Waals surface area contributed by atoms with Crippen LogP contribution in [0.4, 0.5) is 0 Å². The first kappa shape index (κ1) is 9.36. The Hall–Kier alpha value is 0.270. The van der Waals surface area contributed by atoms with Crippen molar-refractivity contribution < 1.29 is 4.74 Å². The summed E-state index contributed by atoms with van der Waals surface area (Å²) in [4.78, 5) is 0. The average Bonchev–Trinajstić information content (AvgIpc) is 2.03. The predicted molar refractivity (Wildman–Crippen MR) is 52.9 cm³/mol. The molecular weight excluding hydrogens is 158 g/mol. The van der Waals surface area contributed by atoms with Gasteiger partial charge in [0.05, 0.1) is 13.2 Å². The SMILES string of the molecule is CNCCS1(C)CCOCC1. The van der Waals surface area contributed by atoms with E-state index >= 15 is 0 Å². The molecule has 11 heavy (non-hydrogen) atoms. The highest BCUT2D eigenvalue weighted by Crippen LogP contribution is 2.44. The van der Waals surface area contributed by atoms with Crippen LogP contribution in [0, 0.1) is 0 Å². The van der Waals surface area contributed by atoms with Gasteiger partial charge in [-0.15, -0.1) is 0 Å². The molecule has 0 amide bonds. The molecule has 0 aliphatic carbocycles. The van der Waals surface area contributed by atoms with Gasteiger partial charge in [-0.2, -0.15) is 0 Å². The molecule has 68 valence electrons. The Morgan fingerprint density at radius 2 is 2.00 bits per heavy atom. The molecule has 0 aromatic carbocycles. The summed E-state index contributed by atoms with van der Waals surface area (Å²) >= 11 is 0. The lowest BCUT2D eigenvalue weighted by Crippen LogP contribution is -2.28. The van der Waals surface area contributed by atoms with Crippen LogP contribution in [0.5, 0.6) is 0 Å². The van der Waals surface area contributed by atoms with Gasteiger partial charge in [0.2, 0.25) is 0 Å². The van der Waals surface area contributed by atoms with E-state index in [0.29, 0.717) is 0 Å². The highest BCUT2D eigenvalue weighted by Gasteiger charge is 2.20. The maximum atomic E-state index is 5.35. The number of nitrogens with one attached hydrogen (secondary N) is 1. The second-order valence-corrected chi connectivity index (χ2v) is 7.49. The van der Waals surface area contributed by atoms with E-state index in [4.69, 9.17) is 4.74 Å². The van der Waals surface area contributed by atoms with Crippen molar-refractivity contribution in [2.75, 3.05) is 50.3 Å². The van der Waals surface area contributed by atoms with E-state index in [1.165, 1.54) is 23.8 Å². The van der Waals surface area contributed by atoms with Crippen LogP contribution < -0.4 is 5.32 Å². The third-order valence-corrected chi connectivity index (χ3v) is 5.78. The van der Waals surface area contributed by atoms with Gasteiger partial charge in [-0.25, -0.2) is 10.0 Å². The van der Waals surface area contributed by atoms with E-state index in [1.54, 1.807) is 0 Å². The first-order valence-corrected chi connectivity index (χ1v) is 6.75. The van der Waals surface area contributed by atoms with Crippen LogP contribution in [0.2, 0.25) is 0 Å². The smallest absolute Gasteiger partial charge is 0.0542 e. The lowest BCUT2D eigenvalue weighted by Gasteiger charge is -2.39. The number of ether oxygens (including phenoxy) is 1. The third-order valence-electron chi connectivity index (χ3n) is 2.29. The van der Waals surface area contributed by atoms with Crippen molar-refractivity contribution in [2.24, 2.45) is 0 Å². The van der Waals surface area contributed by atoms with E-state index < -0.39 is 0 Å². The largest absolute Gasteiger partial charge is 0.380 e. The predicted octanol–water partition coefficient (Wildman–Crippen LogP) is 0.670. The molecular formula is C8H19NOS. The fourth-order valence-corrected chi connectivity index (χ4v) is 3.63.